The first-order chi connectivity index (χ1) is 14.5. The lowest BCUT2D eigenvalue weighted by Crippen LogP contribution is -2.49. The molecule has 2 aromatic heterocycles. The summed E-state index contributed by atoms with van der Waals surface area (Å²) in [5.41, 5.74) is 2.41. The van der Waals surface area contributed by atoms with Crippen molar-refractivity contribution in [1.82, 2.24) is 19.5 Å². The van der Waals surface area contributed by atoms with Gasteiger partial charge in [-0.1, -0.05) is 32.0 Å². The summed E-state index contributed by atoms with van der Waals surface area (Å²) in [5.74, 6) is 2.03. The lowest BCUT2D eigenvalue weighted by Gasteiger charge is -2.42. The Morgan fingerprint density at radius 2 is 2.03 bits per heavy atom. The van der Waals surface area contributed by atoms with E-state index in [9.17, 15) is 4.79 Å². The van der Waals surface area contributed by atoms with E-state index in [1.54, 1.807) is 22.9 Å². The number of nitrogens with zero attached hydrogens (tertiary/aromatic N) is 5. The first kappa shape index (κ1) is 18.8. The highest BCUT2D eigenvalue weighted by atomic mass is 16.5. The van der Waals surface area contributed by atoms with Crippen molar-refractivity contribution in [2.75, 3.05) is 24.6 Å². The minimum absolute atomic E-state index is 0.0254. The van der Waals surface area contributed by atoms with Gasteiger partial charge in [-0.2, -0.15) is 0 Å². The van der Waals surface area contributed by atoms with Gasteiger partial charge in [-0.15, -0.1) is 0 Å². The van der Waals surface area contributed by atoms with Crippen LogP contribution in [0.1, 0.15) is 19.4 Å². The smallest absolute Gasteiger partial charge is 0.255 e. The van der Waals surface area contributed by atoms with Crippen molar-refractivity contribution in [3.63, 3.8) is 0 Å². The maximum Gasteiger partial charge on any atom is 0.255 e. The summed E-state index contributed by atoms with van der Waals surface area (Å²) >= 11 is 0. The second kappa shape index (κ2) is 7.23. The van der Waals surface area contributed by atoms with E-state index in [-0.39, 0.29) is 11.0 Å². The number of hydrogen-bond donors (Lipinski definition) is 0. The van der Waals surface area contributed by atoms with Crippen LogP contribution in [0.15, 0.2) is 53.7 Å². The number of aromatic nitrogens is 4. The number of para-hydroxylation sites is 1. The third kappa shape index (κ3) is 3.56. The van der Waals surface area contributed by atoms with Crippen molar-refractivity contribution >= 4 is 5.95 Å². The molecular weight excluding hydrogens is 378 g/mol. The SMILES string of the molecule is CC1(C)CN(CC2COc3ccccc3C2)c2nc(-c3ccncn3)cc(=O)n2C1. The third-order valence-electron chi connectivity index (χ3n) is 5.75. The van der Waals surface area contributed by atoms with Crippen LogP contribution in [0.5, 0.6) is 5.75 Å². The van der Waals surface area contributed by atoms with Crippen LogP contribution in [0.4, 0.5) is 5.95 Å². The van der Waals surface area contributed by atoms with Crippen LogP contribution in [0, 0.1) is 11.3 Å². The molecule has 3 aromatic rings. The Kier molecular flexibility index (Phi) is 4.53. The fraction of sp³-hybridized carbons (Fsp3) is 0.391. The zero-order chi connectivity index (χ0) is 20.7. The Balaban J connectivity index is 1.49. The van der Waals surface area contributed by atoms with E-state index in [0.717, 1.165) is 25.3 Å². The maximum absolute atomic E-state index is 13.0. The molecule has 0 spiro atoms. The van der Waals surface area contributed by atoms with Gasteiger partial charge < -0.3 is 9.64 Å². The van der Waals surface area contributed by atoms with Crippen LogP contribution in [0.3, 0.4) is 0 Å². The summed E-state index contributed by atoms with van der Waals surface area (Å²) in [7, 11) is 0. The number of ether oxygens (including phenoxy) is 1. The quantitative estimate of drug-likeness (QED) is 0.670. The number of benzene rings is 1. The minimum Gasteiger partial charge on any atom is -0.493 e. The molecule has 154 valence electrons. The van der Waals surface area contributed by atoms with E-state index in [1.807, 2.05) is 12.1 Å². The number of fused-ring (bicyclic) bond motifs is 2. The van der Waals surface area contributed by atoms with Crippen molar-refractivity contribution in [2.24, 2.45) is 11.3 Å². The Hall–Kier alpha value is -3.22. The van der Waals surface area contributed by atoms with E-state index in [0.29, 0.717) is 36.4 Å². The molecule has 0 saturated carbocycles. The number of hydrogen-bond acceptors (Lipinski definition) is 6. The summed E-state index contributed by atoms with van der Waals surface area (Å²) in [6, 6.07) is 11.6. The first-order valence-electron chi connectivity index (χ1n) is 10.3. The van der Waals surface area contributed by atoms with Gasteiger partial charge in [0.2, 0.25) is 5.95 Å². The van der Waals surface area contributed by atoms with Crippen LogP contribution >= 0.6 is 0 Å². The molecule has 2 aliphatic rings. The molecule has 0 radical (unpaired) electrons. The number of rotatable bonds is 3. The predicted molar refractivity (Wildman–Crippen MR) is 115 cm³/mol. The highest BCUT2D eigenvalue weighted by Gasteiger charge is 2.34. The molecule has 5 rings (SSSR count). The van der Waals surface area contributed by atoms with Gasteiger partial charge in [-0.25, -0.2) is 15.0 Å². The van der Waals surface area contributed by atoms with Gasteiger partial charge in [0.25, 0.3) is 5.56 Å². The highest BCUT2D eigenvalue weighted by Crippen LogP contribution is 2.33. The second-order valence-corrected chi connectivity index (χ2v) is 8.99. The molecule has 0 N–H and O–H groups in total. The van der Waals surface area contributed by atoms with E-state index in [4.69, 9.17) is 9.72 Å². The van der Waals surface area contributed by atoms with Gasteiger partial charge in [0.05, 0.1) is 18.0 Å². The predicted octanol–water partition coefficient (Wildman–Crippen LogP) is 2.80. The Labute approximate surface area is 175 Å². The second-order valence-electron chi connectivity index (χ2n) is 8.99. The average Bonchev–Trinajstić information content (AvgIpc) is 2.74. The molecule has 1 aromatic carbocycles. The first-order valence-corrected chi connectivity index (χ1v) is 10.3. The van der Waals surface area contributed by atoms with Crippen molar-refractivity contribution < 1.29 is 4.74 Å². The van der Waals surface area contributed by atoms with Crippen molar-refractivity contribution in [3.8, 4) is 17.1 Å². The monoisotopic (exact) mass is 403 g/mol. The molecule has 0 aliphatic carbocycles. The third-order valence-corrected chi connectivity index (χ3v) is 5.75. The van der Waals surface area contributed by atoms with Gasteiger partial charge in [-0.3, -0.25) is 9.36 Å². The standard InChI is InChI=1S/C23H25N5O2/c1-23(2)13-27(11-16-9-17-5-3-4-6-20(17)30-12-16)22-26-19(10-21(29)28(22)14-23)18-7-8-24-15-25-18/h3-8,10,15-16H,9,11-14H2,1-2H3. The van der Waals surface area contributed by atoms with Crippen LogP contribution < -0.4 is 15.2 Å². The average molecular weight is 403 g/mol. The van der Waals surface area contributed by atoms with Crippen molar-refractivity contribution in [1.29, 1.82) is 0 Å². The van der Waals surface area contributed by atoms with Crippen molar-refractivity contribution in [2.45, 2.75) is 26.8 Å². The lowest BCUT2D eigenvalue weighted by atomic mass is 9.89. The molecule has 0 saturated heterocycles. The van der Waals surface area contributed by atoms with E-state index < -0.39 is 0 Å². The Morgan fingerprint density at radius 1 is 1.17 bits per heavy atom. The zero-order valence-electron chi connectivity index (χ0n) is 17.3. The molecule has 2 aliphatic heterocycles. The summed E-state index contributed by atoms with van der Waals surface area (Å²) in [6.45, 7) is 7.34. The maximum atomic E-state index is 13.0. The molecule has 0 fully saturated rings. The van der Waals surface area contributed by atoms with E-state index in [2.05, 4.69) is 40.8 Å². The largest absolute Gasteiger partial charge is 0.493 e. The summed E-state index contributed by atoms with van der Waals surface area (Å²) in [4.78, 5) is 28.3. The van der Waals surface area contributed by atoms with Crippen LogP contribution in [0.2, 0.25) is 0 Å². The van der Waals surface area contributed by atoms with Crippen molar-refractivity contribution in [3.05, 3.63) is 64.8 Å². The van der Waals surface area contributed by atoms with E-state index in [1.165, 1.54) is 11.9 Å². The lowest BCUT2D eigenvalue weighted by molar-refractivity contribution is 0.210. The summed E-state index contributed by atoms with van der Waals surface area (Å²) < 4.78 is 7.80. The van der Waals surface area contributed by atoms with Gasteiger partial charge in [0.15, 0.2) is 0 Å². The summed E-state index contributed by atoms with van der Waals surface area (Å²) in [6.07, 6.45) is 4.10. The molecule has 0 amide bonds. The molecule has 0 bridgehead atoms. The zero-order valence-corrected chi connectivity index (χ0v) is 17.3. The van der Waals surface area contributed by atoms with Gasteiger partial charge >= 0.3 is 0 Å². The summed E-state index contributed by atoms with van der Waals surface area (Å²) in [5, 5.41) is 0. The fourth-order valence-corrected chi connectivity index (χ4v) is 4.49. The van der Waals surface area contributed by atoms with Gasteiger partial charge in [-0.05, 0) is 24.1 Å². The van der Waals surface area contributed by atoms with Gasteiger partial charge in [0, 0.05) is 43.2 Å². The molecule has 4 heterocycles. The van der Waals surface area contributed by atoms with E-state index >= 15 is 0 Å². The topological polar surface area (TPSA) is 73.1 Å². The molecular formula is C23H25N5O2. The normalized spacial score (nSPS) is 19.5. The van der Waals surface area contributed by atoms with Crippen LogP contribution in [-0.4, -0.2) is 39.2 Å². The molecule has 30 heavy (non-hydrogen) atoms. The Morgan fingerprint density at radius 3 is 2.87 bits per heavy atom. The number of anilines is 1. The Bertz CT molecular complexity index is 1130. The molecule has 1 unspecified atom stereocenters. The molecule has 7 heteroatoms. The molecule has 7 nitrogen and oxygen atoms in total. The minimum atomic E-state index is -0.0448. The van der Waals surface area contributed by atoms with Crippen LogP contribution in [0.25, 0.3) is 11.4 Å². The van der Waals surface area contributed by atoms with Crippen LogP contribution in [-0.2, 0) is 13.0 Å². The van der Waals surface area contributed by atoms with Gasteiger partial charge in [0.1, 0.15) is 12.1 Å². The highest BCUT2D eigenvalue weighted by molar-refractivity contribution is 5.55. The fourth-order valence-electron chi connectivity index (χ4n) is 4.49. The molecule has 1 atom stereocenters.